The van der Waals surface area contributed by atoms with Crippen LogP contribution in [-0.4, -0.2) is 27.3 Å². The smallest absolute Gasteiger partial charge is 0.162 e. The monoisotopic (exact) mass is 269 g/mol. The van der Waals surface area contributed by atoms with Gasteiger partial charge in [0.15, 0.2) is 11.3 Å². The van der Waals surface area contributed by atoms with Gasteiger partial charge in [-0.1, -0.05) is 12.1 Å². The number of aryl methyl sites for hydroxylation is 1. The number of ether oxygens (including phenoxy) is 1. The Kier molecular flexibility index (Phi) is 3.30. The number of H-pyrrole nitrogens is 1. The molecule has 3 rings (SSSR count). The van der Waals surface area contributed by atoms with Gasteiger partial charge >= 0.3 is 0 Å². The molecule has 0 aliphatic rings. The lowest BCUT2D eigenvalue weighted by atomic mass is 10.2. The van der Waals surface area contributed by atoms with Crippen molar-refractivity contribution in [1.29, 1.82) is 0 Å². The number of rotatable bonds is 4. The standard InChI is InChI=1S/C14H15N5O/c1-9-12-13(19-18-9)14(16-8-15-12)17-11-5-3-4-10(6-11)7-20-2/h3-6,8H,7H2,1-2H3,(H,18,19)(H,15,16,17). The normalized spacial score (nSPS) is 10.9. The summed E-state index contributed by atoms with van der Waals surface area (Å²) in [5.41, 5.74) is 4.54. The fourth-order valence-electron chi connectivity index (χ4n) is 2.09. The van der Waals surface area contributed by atoms with Gasteiger partial charge < -0.3 is 10.1 Å². The van der Waals surface area contributed by atoms with Gasteiger partial charge in [0.25, 0.3) is 0 Å². The van der Waals surface area contributed by atoms with Crippen LogP contribution in [0.1, 0.15) is 11.3 Å². The number of nitrogens with zero attached hydrogens (tertiary/aromatic N) is 3. The molecule has 2 aromatic heterocycles. The summed E-state index contributed by atoms with van der Waals surface area (Å²) in [4.78, 5) is 8.48. The quantitative estimate of drug-likeness (QED) is 0.761. The second kappa shape index (κ2) is 5.26. The van der Waals surface area contributed by atoms with E-state index in [0.717, 1.165) is 28.0 Å². The summed E-state index contributed by atoms with van der Waals surface area (Å²) >= 11 is 0. The highest BCUT2D eigenvalue weighted by Crippen LogP contribution is 2.23. The summed E-state index contributed by atoms with van der Waals surface area (Å²) in [5.74, 6) is 0.689. The van der Waals surface area contributed by atoms with Gasteiger partial charge in [0.2, 0.25) is 0 Å². The largest absolute Gasteiger partial charge is 0.380 e. The number of benzene rings is 1. The van der Waals surface area contributed by atoms with Gasteiger partial charge in [-0.3, -0.25) is 5.10 Å². The van der Waals surface area contributed by atoms with Crippen molar-refractivity contribution in [3.05, 3.63) is 41.9 Å². The second-order valence-corrected chi connectivity index (χ2v) is 4.53. The summed E-state index contributed by atoms with van der Waals surface area (Å²) in [6, 6.07) is 8.00. The van der Waals surface area contributed by atoms with Crippen molar-refractivity contribution in [3.8, 4) is 0 Å². The Morgan fingerprint density at radius 1 is 1.25 bits per heavy atom. The second-order valence-electron chi connectivity index (χ2n) is 4.53. The zero-order valence-corrected chi connectivity index (χ0v) is 11.3. The molecule has 0 bridgehead atoms. The van der Waals surface area contributed by atoms with Crippen molar-refractivity contribution >= 4 is 22.5 Å². The molecule has 0 amide bonds. The Morgan fingerprint density at radius 3 is 3.00 bits per heavy atom. The van der Waals surface area contributed by atoms with Gasteiger partial charge in [0.05, 0.1) is 12.3 Å². The molecule has 1 aromatic carbocycles. The van der Waals surface area contributed by atoms with Crippen molar-refractivity contribution in [3.63, 3.8) is 0 Å². The Morgan fingerprint density at radius 2 is 2.15 bits per heavy atom. The summed E-state index contributed by atoms with van der Waals surface area (Å²) in [6.07, 6.45) is 1.53. The third kappa shape index (κ3) is 2.33. The number of hydrogen-bond donors (Lipinski definition) is 2. The van der Waals surface area contributed by atoms with E-state index < -0.39 is 0 Å². The molecule has 20 heavy (non-hydrogen) atoms. The first-order chi connectivity index (χ1) is 9.78. The van der Waals surface area contributed by atoms with E-state index in [4.69, 9.17) is 4.74 Å². The van der Waals surface area contributed by atoms with E-state index in [-0.39, 0.29) is 0 Å². The molecule has 0 atom stereocenters. The number of methoxy groups -OCH3 is 1. The zero-order chi connectivity index (χ0) is 13.9. The first-order valence-corrected chi connectivity index (χ1v) is 6.28. The molecule has 2 heterocycles. The predicted molar refractivity (Wildman–Crippen MR) is 76.9 cm³/mol. The highest BCUT2D eigenvalue weighted by atomic mass is 16.5. The number of aromatic nitrogens is 4. The molecule has 3 aromatic rings. The van der Waals surface area contributed by atoms with E-state index in [0.29, 0.717) is 12.4 Å². The van der Waals surface area contributed by atoms with Crippen LogP contribution in [0.3, 0.4) is 0 Å². The third-order valence-electron chi connectivity index (χ3n) is 3.01. The number of aromatic amines is 1. The van der Waals surface area contributed by atoms with Crippen LogP contribution in [0, 0.1) is 6.92 Å². The van der Waals surface area contributed by atoms with Crippen molar-refractivity contribution < 1.29 is 4.74 Å². The fraction of sp³-hybridized carbons (Fsp3) is 0.214. The maximum Gasteiger partial charge on any atom is 0.162 e. The minimum atomic E-state index is 0.580. The number of hydrogen-bond acceptors (Lipinski definition) is 5. The van der Waals surface area contributed by atoms with Crippen LogP contribution in [0.2, 0.25) is 0 Å². The molecule has 6 nitrogen and oxygen atoms in total. The van der Waals surface area contributed by atoms with Gasteiger partial charge in [0, 0.05) is 12.8 Å². The van der Waals surface area contributed by atoms with Crippen LogP contribution in [0.4, 0.5) is 11.5 Å². The first kappa shape index (κ1) is 12.6. The molecular formula is C14H15N5O. The lowest BCUT2D eigenvalue weighted by Gasteiger charge is -2.07. The van der Waals surface area contributed by atoms with Crippen LogP contribution >= 0.6 is 0 Å². The van der Waals surface area contributed by atoms with Crippen molar-refractivity contribution in [2.24, 2.45) is 0 Å². The Labute approximate surface area is 116 Å². The Balaban J connectivity index is 1.95. The maximum absolute atomic E-state index is 5.14. The van der Waals surface area contributed by atoms with E-state index in [1.165, 1.54) is 6.33 Å². The highest BCUT2D eigenvalue weighted by molar-refractivity contribution is 5.88. The molecular weight excluding hydrogens is 254 g/mol. The Bertz CT molecular complexity index is 737. The fourth-order valence-corrected chi connectivity index (χ4v) is 2.09. The minimum absolute atomic E-state index is 0.580. The third-order valence-corrected chi connectivity index (χ3v) is 3.01. The van der Waals surface area contributed by atoms with Crippen molar-refractivity contribution in [2.75, 3.05) is 12.4 Å². The van der Waals surface area contributed by atoms with E-state index in [1.54, 1.807) is 7.11 Å². The number of nitrogens with one attached hydrogen (secondary N) is 2. The van der Waals surface area contributed by atoms with Crippen LogP contribution in [0.25, 0.3) is 11.0 Å². The van der Waals surface area contributed by atoms with E-state index in [2.05, 4.69) is 25.5 Å². The molecule has 0 unspecified atom stereocenters. The topological polar surface area (TPSA) is 75.7 Å². The zero-order valence-electron chi connectivity index (χ0n) is 11.3. The van der Waals surface area contributed by atoms with Crippen LogP contribution in [0.5, 0.6) is 0 Å². The summed E-state index contributed by atoms with van der Waals surface area (Å²) in [6.45, 7) is 2.52. The van der Waals surface area contributed by atoms with Crippen LogP contribution in [0.15, 0.2) is 30.6 Å². The van der Waals surface area contributed by atoms with Crippen LogP contribution in [-0.2, 0) is 11.3 Å². The molecule has 0 radical (unpaired) electrons. The lowest BCUT2D eigenvalue weighted by Crippen LogP contribution is -1.97. The lowest BCUT2D eigenvalue weighted by molar-refractivity contribution is 0.185. The predicted octanol–water partition coefficient (Wildman–Crippen LogP) is 2.55. The van der Waals surface area contributed by atoms with Gasteiger partial charge in [-0.2, -0.15) is 5.10 Å². The summed E-state index contributed by atoms with van der Waals surface area (Å²) in [5, 5.41) is 10.4. The van der Waals surface area contributed by atoms with Crippen molar-refractivity contribution in [1.82, 2.24) is 20.2 Å². The van der Waals surface area contributed by atoms with Gasteiger partial charge in [0.1, 0.15) is 11.8 Å². The molecule has 0 saturated carbocycles. The van der Waals surface area contributed by atoms with E-state index in [1.807, 2.05) is 31.2 Å². The number of fused-ring (bicyclic) bond motifs is 1. The molecule has 2 N–H and O–H groups in total. The molecule has 0 aliphatic carbocycles. The average molecular weight is 269 g/mol. The Hall–Kier alpha value is -2.47. The summed E-state index contributed by atoms with van der Waals surface area (Å²) in [7, 11) is 1.68. The molecule has 0 saturated heterocycles. The molecule has 0 fully saturated rings. The first-order valence-electron chi connectivity index (χ1n) is 6.28. The molecule has 6 heteroatoms. The molecule has 0 spiro atoms. The van der Waals surface area contributed by atoms with Gasteiger partial charge in [-0.05, 0) is 24.6 Å². The molecule has 0 aliphatic heterocycles. The SMILES string of the molecule is COCc1cccc(Nc2ncnc3c(C)[nH]nc23)c1. The van der Waals surface area contributed by atoms with Gasteiger partial charge in [-0.25, -0.2) is 9.97 Å². The number of anilines is 2. The van der Waals surface area contributed by atoms with Crippen LogP contribution < -0.4 is 5.32 Å². The van der Waals surface area contributed by atoms with Crippen molar-refractivity contribution in [2.45, 2.75) is 13.5 Å². The molecule has 102 valence electrons. The highest BCUT2D eigenvalue weighted by Gasteiger charge is 2.09. The van der Waals surface area contributed by atoms with E-state index in [9.17, 15) is 0 Å². The van der Waals surface area contributed by atoms with Gasteiger partial charge in [-0.15, -0.1) is 0 Å². The maximum atomic E-state index is 5.14. The average Bonchev–Trinajstić information content (AvgIpc) is 2.83. The minimum Gasteiger partial charge on any atom is -0.380 e. The summed E-state index contributed by atoms with van der Waals surface area (Å²) < 4.78 is 5.14. The van der Waals surface area contributed by atoms with E-state index >= 15 is 0 Å².